The molecule has 0 radical (unpaired) electrons. The van der Waals surface area contributed by atoms with Gasteiger partial charge >= 0.3 is 6.18 Å². The van der Waals surface area contributed by atoms with Crippen molar-refractivity contribution in [3.05, 3.63) is 45.6 Å². The number of alkyl halides is 3. The lowest BCUT2D eigenvalue weighted by Crippen LogP contribution is -2.36. The molecule has 1 aromatic heterocycles. The van der Waals surface area contributed by atoms with Crippen LogP contribution in [0.4, 0.5) is 19.0 Å². The number of rotatable bonds is 2. The summed E-state index contributed by atoms with van der Waals surface area (Å²) in [5.74, 6) is -0.405. The van der Waals surface area contributed by atoms with E-state index in [0.29, 0.717) is 23.7 Å². The van der Waals surface area contributed by atoms with Gasteiger partial charge in [-0.3, -0.25) is 4.79 Å². The molecule has 0 spiro atoms. The number of carbonyl (C=O) groups is 1. The summed E-state index contributed by atoms with van der Waals surface area (Å²) in [6.45, 7) is 1.11. The summed E-state index contributed by atoms with van der Waals surface area (Å²) in [7, 11) is 0. The summed E-state index contributed by atoms with van der Waals surface area (Å²) in [6, 6.07) is 4.08. The highest BCUT2D eigenvalue weighted by Gasteiger charge is 2.48. The zero-order chi connectivity index (χ0) is 21.5. The van der Waals surface area contributed by atoms with Crippen molar-refractivity contribution in [2.75, 3.05) is 18.4 Å². The minimum absolute atomic E-state index is 0.0170. The number of anilines is 1. The monoisotopic (exact) mass is 460 g/mol. The Morgan fingerprint density at radius 2 is 1.70 bits per heavy atom. The van der Waals surface area contributed by atoms with E-state index >= 15 is 0 Å². The number of hydrogen-bond acceptors (Lipinski definition) is 3. The third-order valence-electron chi connectivity index (χ3n) is 5.66. The largest absolute Gasteiger partial charge is 0.410 e. The van der Waals surface area contributed by atoms with Gasteiger partial charge in [-0.1, -0.05) is 48.2 Å². The van der Waals surface area contributed by atoms with Gasteiger partial charge in [0.1, 0.15) is 10.8 Å². The van der Waals surface area contributed by atoms with Crippen LogP contribution in [0.5, 0.6) is 0 Å². The van der Waals surface area contributed by atoms with E-state index in [-0.39, 0.29) is 23.0 Å². The molecule has 10 heteroatoms. The average molecular weight is 461 g/mol. The van der Waals surface area contributed by atoms with E-state index in [2.05, 4.69) is 10.4 Å². The average Bonchev–Trinajstić information content (AvgIpc) is 2.88. The molecular weight excluding hydrogens is 440 g/mol. The van der Waals surface area contributed by atoms with Crippen molar-refractivity contribution in [2.45, 2.75) is 50.4 Å². The zero-order valence-corrected chi connectivity index (χ0v) is 17.6. The fourth-order valence-corrected chi connectivity index (χ4v) is 4.45. The molecule has 1 amide bonds. The van der Waals surface area contributed by atoms with Crippen molar-refractivity contribution in [3.8, 4) is 0 Å². The molecular formula is C20H21Cl2F3N4O. The van der Waals surface area contributed by atoms with Crippen molar-refractivity contribution in [1.29, 1.82) is 0 Å². The summed E-state index contributed by atoms with van der Waals surface area (Å²) in [5, 5.41) is 7.51. The van der Waals surface area contributed by atoms with E-state index in [4.69, 9.17) is 23.2 Å². The number of likely N-dealkylation sites (tertiary alicyclic amines) is 1. The van der Waals surface area contributed by atoms with Crippen LogP contribution in [0.25, 0.3) is 0 Å². The van der Waals surface area contributed by atoms with Crippen molar-refractivity contribution in [3.63, 3.8) is 0 Å². The predicted octanol–water partition coefficient (Wildman–Crippen LogP) is 5.87. The highest BCUT2D eigenvalue weighted by molar-refractivity contribution is 6.36. The third kappa shape index (κ3) is 4.12. The highest BCUT2D eigenvalue weighted by atomic mass is 35.5. The van der Waals surface area contributed by atoms with Crippen molar-refractivity contribution in [1.82, 2.24) is 14.7 Å². The molecule has 1 saturated heterocycles. The van der Waals surface area contributed by atoms with Crippen LogP contribution in [-0.4, -0.2) is 39.9 Å². The van der Waals surface area contributed by atoms with Crippen LogP contribution in [0.2, 0.25) is 10.0 Å². The molecule has 0 unspecified atom stereocenters. The Labute approximate surface area is 182 Å². The Balaban J connectivity index is 1.70. The van der Waals surface area contributed by atoms with Crippen molar-refractivity contribution in [2.24, 2.45) is 0 Å². The fraction of sp³-hybridized carbons (Fsp3) is 0.500. The summed E-state index contributed by atoms with van der Waals surface area (Å²) < 4.78 is 42.4. The quantitative estimate of drug-likeness (QED) is 0.609. The summed E-state index contributed by atoms with van der Waals surface area (Å²) in [4.78, 5) is 14.6. The van der Waals surface area contributed by atoms with Gasteiger partial charge in [0.05, 0.1) is 6.04 Å². The molecule has 4 rings (SSSR count). The zero-order valence-electron chi connectivity index (χ0n) is 16.1. The van der Waals surface area contributed by atoms with Gasteiger partial charge in [-0.2, -0.15) is 18.3 Å². The molecule has 5 nitrogen and oxygen atoms in total. The molecule has 1 fully saturated rings. The maximum atomic E-state index is 13.9. The molecule has 1 N–H and O–H groups in total. The number of aromatic nitrogens is 2. The van der Waals surface area contributed by atoms with Crippen LogP contribution in [0.3, 0.4) is 0 Å². The third-order valence-corrected chi connectivity index (χ3v) is 6.27. The lowest BCUT2D eigenvalue weighted by atomic mass is 9.97. The summed E-state index contributed by atoms with van der Waals surface area (Å²) in [5.41, 5.74) is 0.518. The molecule has 1 aromatic carbocycles. The van der Waals surface area contributed by atoms with Crippen LogP contribution < -0.4 is 5.32 Å². The van der Waals surface area contributed by atoms with E-state index in [9.17, 15) is 18.0 Å². The number of amides is 1. The van der Waals surface area contributed by atoms with Crippen LogP contribution in [0.15, 0.2) is 24.3 Å². The molecule has 0 bridgehead atoms. The van der Waals surface area contributed by atoms with Crippen LogP contribution in [-0.2, 0) is 0 Å². The van der Waals surface area contributed by atoms with E-state index in [0.717, 1.165) is 30.4 Å². The molecule has 2 aliphatic rings. The van der Waals surface area contributed by atoms with Gasteiger partial charge in [-0.05, 0) is 30.5 Å². The number of halogens is 5. The molecule has 0 aliphatic carbocycles. The highest BCUT2D eigenvalue weighted by Crippen LogP contribution is 2.46. The predicted molar refractivity (Wildman–Crippen MR) is 109 cm³/mol. The first-order chi connectivity index (χ1) is 14.3. The number of nitrogens with one attached hydrogen (secondary N) is 1. The smallest absolute Gasteiger partial charge is 0.362 e. The molecule has 3 heterocycles. The van der Waals surface area contributed by atoms with Crippen LogP contribution >= 0.6 is 23.2 Å². The first kappa shape index (κ1) is 21.3. The number of fused-ring (bicyclic) bond motifs is 1. The molecule has 162 valence electrons. The van der Waals surface area contributed by atoms with Gasteiger partial charge in [-0.15, -0.1) is 0 Å². The van der Waals surface area contributed by atoms with Gasteiger partial charge in [0.2, 0.25) is 0 Å². The summed E-state index contributed by atoms with van der Waals surface area (Å²) in [6.07, 6.45) is -1.04. The Hall–Kier alpha value is -1.93. The van der Waals surface area contributed by atoms with Crippen molar-refractivity contribution < 1.29 is 18.0 Å². The molecule has 2 aromatic rings. The van der Waals surface area contributed by atoms with E-state index in [1.165, 1.54) is 0 Å². The number of nitrogens with zero attached hydrogens (tertiary/aromatic N) is 3. The van der Waals surface area contributed by atoms with Gasteiger partial charge in [-0.25, -0.2) is 4.68 Å². The SMILES string of the molecule is O=C(c1nn2c(c1Cl)N[C@@H](c1ccc(Cl)cc1)C[C@H]2C(F)(F)F)N1CCCCCC1. The summed E-state index contributed by atoms with van der Waals surface area (Å²) >= 11 is 12.3. The van der Waals surface area contributed by atoms with E-state index in [1.807, 2.05) is 0 Å². The normalized spacial score (nSPS) is 22.2. The standard InChI is InChI=1S/C20H21Cl2F3N4O/c21-13-7-5-12(6-8-13)14-11-15(20(23,24)25)29-18(26-14)16(22)17(27-29)19(30)28-9-3-1-2-4-10-28/h5-8,14-15,26H,1-4,9-11H2/t14-,15+/m1/s1. The van der Waals surface area contributed by atoms with E-state index in [1.54, 1.807) is 29.2 Å². The Kier molecular flexibility index (Phi) is 5.90. The molecule has 30 heavy (non-hydrogen) atoms. The Bertz CT molecular complexity index is 921. The second-order valence-electron chi connectivity index (χ2n) is 7.70. The van der Waals surface area contributed by atoms with Crippen LogP contribution in [0, 0.1) is 0 Å². The number of benzene rings is 1. The van der Waals surface area contributed by atoms with Gasteiger partial charge in [0.15, 0.2) is 11.7 Å². The maximum absolute atomic E-state index is 13.9. The lowest BCUT2D eigenvalue weighted by molar-refractivity contribution is -0.173. The first-order valence-electron chi connectivity index (χ1n) is 9.91. The van der Waals surface area contributed by atoms with E-state index < -0.39 is 24.2 Å². The number of carbonyl (C=O) groups excluding carboxylic acids is 1. The second kappa shape index (κ2) is 8.30. The molecule has 2 aliphatic heterocycles. The number of hydrogen-bond donors (Lipinski definition) is 1. The van der Waals surface area contributed by atoms with Gasteiger partial charge < -0.3 is 10.2 Å². The minimum atomic E-state index is -4.54. The Morgan fingerprint density at radius 1 is 1.07 bits per heavy atom. The maximum Gasteiger partial charge on any atom is 0.410 e. The second-order valence-corrected chi connectivity index (χ2v) is 8.52. The fourth-order valence-electron chi connectivity index (χ4n) is 4.06. The minimum Gasteiger partial charge on any atom is -0.362 e. The van der Waals surface area contributed by atoms with Crippen LogP contribution in [0.1, 0.15) is 60.2 Å². The molecule has 0 saturated carbocycles. The molecule has 2 atom stereocenters. The lowest BCUT2D eigenvalue weighted by Gasteiger charge is -2.33. The van der Waals surface area contributed by atoms with Crippen molar-refractivity contribution >= 4 is 34.9 Å². The Morgan fingerprint density at radius 3 is 2.30 bits per heavy atom. The van der Waals surface area contributed by atoms with Gasteiger partial charge in [0.25, 0.3) is 5.91 Å². The first-order valence-corrected chi connectivity index (χ1v) is 10.7. The topological polar surface area (TPSA) is 50.2 Å². The van der Waals surface area contributed by atoms with Gasteiger partial charge in [0, 0.05) is 24.5 Å².